The molecule has 0 aliphatic carbocycles. The average molecular weight is 599 g/mol. The molecular weight excluding hydrogens is 565 g/mol. The Morgan fingerprint density at radius 2 is 1.81 bits per heavy atom. The zero-order valence-electron chi connectivity index (χ0n) is 23.9. The molecule has 2 aromatic carbocycles. The predicted octanol–water partition coefficient (Wildman–Crippen LogP) is 5.06. The van der Waals surface area contributed by atoms with Crippen molar-refractivity contribution in [2.75, 3.05) is 30.8 Å². The number of nitriles is 1. The van der Waals surface area contributed by atoms with Gasteiger partial charge in [-0.1, -0.05) is 48.5 Å². The minimum Gasteiger partial charge on any atom is -0.477 e. The van der Waals surface area contributed by atoms with Crippen LogP contribution >= 0.6 is 0 Å². The van der Waals surface area contributed by atoms with Gasteiger partial charge in [-0.25, -0.2) is 4.79 Å². The first-order valence-corrected chi connectivity index (χ1v) is 13.6. The Kier molecular flexibility index (Phi) is 11.7. The van der Waals surface area contributed by atoms with Crippen molar-refractivity contribution in [2.45, 2.75) is 51.4 Å². The second kappa shape index (κ2) is 15.4. The maximum atomic E-state index is 13.6. The van der Waals surface area contributed by atoms with Gasteiger partial charge in [-0.05, 0) is 43.4 Å². The normalized spacial score (nSPS) is 11.7. The number of alkyl carbamates (subject to hydrolysis) is 1. The van der Waals surface area contributed by atoms with E-state index >= 15 is 0 Å². The number of alkyl halides is 3. The number of ketones is 1. The van der Waals surface area contributed by atoms with Gasteiger partial charge in [0.15, 0.2) is 17.2 Å². The Morgan fingerprint density at radius 1 is 1.09 bits per heavy atom. The molecule has 1 amide bonds. The zero-order valence-corrected chi connectivity index (χ0v) is 23.9. The van der Waals surface area contributed by atoms with Crippen molar-refractivity contribution < 1.29 is 32.2 Å². The molecule has 43 heavy (non-hydrogen) atoms. The average Bonchev–Trinajstić information content (AvgIpc) is 2.97. The van der Waals surface area contributed by atoms with Gasteiger partial charge in [0.25, 0.3) is 0 Å². The van der Waals surface area contributed by atoms with Crippen molar-refractivity contribution in [3.63, 3.8) is 0 Å². The number of unbranched alkanes of at least 4 members (excludes halogenated alkanes) is 1. The molecule has 13 heteroatoms. The quantitative estimate of drug-likeness (QED) is 0.243. The SMILES string of the molecule is CCOc1nc(N)nc(N(C)[C@@H](CCCCNC(=O)OCc2ccccc2)C(=O)Cc2cccc(C(F)(F)F)c2)c1C#N. The van der Waals surface area contributed by atoms with Gasteiger partial charge < -0.3 is 25.4 Å². The summed E-state index contributed by atoms with van der Waals surface area (Å²) in [5, 5.41) is 12.5. The summed E-state index contributed by atoms with van der Waals surface area (Å²) < 4.78 is 50.4. The van der Waals surface area contributed by atoms with Crippen LogP contribution in [0.1, 0.15) is 48.4 Å². The molecule has 3 rings (SSSR count). The van der Waals surface area contributed by atoms with Crippen molar-refractivity contribution in [3.8, 4) is 11.9 Å². The van der Waals surface area contributed by atoms with Crippen LogP contribution in [0.25, 0.3) is 0 Å². The Balaban J connectivity index is 1.73. The summed E-state index contributed by atoms with van der Waals surface area (Å²) in [7, 11) is 1.55. The van der Waals surface area contributed by atoms with E-state index in [0.717, 1.165) is 17.7 Å². The standard InChI is InChI=1S/C30H33F3N6O4/c1-3-42-27-23(18-34)26(37-28(35)38-27)39(2)24(25(40)17-21-12-9-13-22(16-21)30(31,32)33)14-7-8-15-36-29(41)43-19-20-10-5-4-6-11-20/h4-6,9-13,16,24H,3,7-8,14-15,17,19H2,1-2H3,(H,36,41)(H2,35,37,38)/t24-/m0/s1. The monoisotopic (exact) mass is 598 g/mol. The van der Waals surface area contributed by atoms with Crippen LogP contribution in [0, 0.1) is 11.3 Å². The number of Topliss-reactive ketones (excluding diaryl/α,β-unsaturated/α-hetero) is 1. The summed E-state index contributed by atoms with van der Waals surface area (Å²) >= 11 is 0. The molecule has 10 nitrogen and oxygen atoms in total. The number of ether oxygens (including phenoxy) is 2. The van der Waals surface area contributed by atoms with E-state index in [9.17, 15) is 28.0 Å². The van der Waals surface area contributed by atoms with E-state index in [4.69, 9.17) is 15.2 Å². The van der Waals surface area contributed by atoms with Gasteiger partial charge in [0.1, 0.15) is 12.7 Å². The van der Waals surface area contributed by atoms with E-state index in [1.807, 2.05) is 36.4 Å². The minimum absolute atomic E-state index is 0.0294. The first-order chi connectivity index (χ1) is 20.5. The molecule has 0 aliphatic rings. The van der Waals surface area contributed by atoms with Gasteiger partial charge in [-0.2, -0.15) is 28.4 Å². The number of nitrogen functional groups attached to an aromatic ring is 1. The molecule has 0 aliphatic heterocycles. The molecule has 3 N–H and O–H groups in total. The van der Waals surface area contributed by atoms with Gasteiger partial charge >= 0.3 is 12.3 Å². The van der Waals surface area contributed by atoms with E-state index in [-0.39, 0.29) is 61.4 Å². The van der Waals surface area contributed by atoms with Crippen LogP contribution in [0.15, 0.2) is 54.6 Å². The number of anilines is 2. The molecule has 0 saturated carbocycles. The lowest BCUT2D eigenvalue weighted by Gasteiger charge is -2.29. The topological polar surface area (TPSA) is 143 Å². The molecule has 0 bridgehead atoms. The summed E-state index contributed by atoms with van der Waals surface area (Å²) in [6.45, 7) is 2.30. The number of aromatic nitrogens is 2. The first-order valence-electron chi connectivity index (χ1n) is 13.6. The Bertz CT molecular complexity index is 1430. The maximum Gasteiger partial charge on any atom is 0.416 e. The van der Waals surface area contributed by atoms with Crippen molar-refractivity contribution >= 4 is 23.6 Å². The molecule has 0 spiro atoms. The first kappa shape index (κ1) is 32.7. The third kappa shape index (κ3) is 9.59. The van der Waals surface area contributed by atoms with Crippen LogP contribution in [-0.2, 0) is 28.7 Å². The molecule has 0 fully saturated rings. The number of halogens is 3. The highest BCUT2D eigenvalue weighted by atomic mass is 19.4. The Morgan fingerprint density at radius 3 is 2.49 bits per heavy atom. The molecular formula is C30H33F3N6O4. The zero-order chi connectivity index (χ0) is 31.4. The molecule has 3 aromatic rings. The number of rotatable bonds is 14. The molecule has 1 heterocycles. The number of nitrogens with one attached hydrogen (secondary N) is 1. The lowest BCUT2D eigenvalue weighted by molar-refractivity contribution is -0.137. The van der Waals surface area contributed by atoms with Crippen LogP contribution in [0.3, 0.4) is 0 Å². The highest BCUT2D eigenvalue weighted by molar-refractivity contribution is 5.89. The lowest BCUT2D eigenvalue weighted by Crippen LogP contribution is -2.41. The van der Waals surface area contributed by atoms with E-state index in [2.05, 4.69) is 15.3 Å². The summed E-state index contributed by atoms with van der Waals surface area (Å²) in [5.41, 5.74) is 6.01. The largest absolute Gasteiger partial charge is 0.477 e. The number of likely N-dealkylation sites (N-methyl/N-ethyl adjacent to an activating group) is 1. The van der Waals surface area contributed by atoms with E-state index < -0.39 is 29.7 Å². The van der Waals surface area contributed by atoms with Crippen molar-refractivity contribution in [1.29, 1.82) is 5.26 Å². The number of hydrogen-bond acceptors (Lipinski definition) is 9. The molecule has 1 aromatic heterocycles. The number of nitrogens with two attached hydrogens (primary N) is 1. The van der Waals surface area contributed by atoms with Crippen LogP contribution < -0.4 is 20.7 Å². The van der Waals surface area contributed by atoms with Crippen LogP contribution in [-0.4, -0.2) is 48.1 Å². The Hall–Kier alpha value is -4.86. The van der Waals surface area contributed by atoms with Crippen molar-refractivity contribution in [3.05, 3.63) is 76.9 Å². The van der Waals surface area contributed by atoms with Gasteiger partial charge in [-0.3, -0.25) is 4.79 Å². The smallest absolute Gasteiger partial charge is 0.416 e. The fourth-order valence-corrected chi connectivity index (χ4v) is 4.36. The fourth-order valence-electron chi connectivity index (χ4n) is 4.36. The van der Waals surface area contributed by atoms with Gasteiger partial charge in [0, 0.05) is 20.0 Å². The molecule has 0 unspecified atom stereocenters. The summed E-state index contributed by atoms with van der Waals surface area (Å²) in [5.74, 6) is -0.548. The minimum atomic E-state index is -4.56. The van der Waals surface area contributed by atoms with Gasteiger partial charge in [-0.15, -0.1) is 0 Å². The van der Waals surface area contributed by atoms with Gasteiger partial charge in [0.2, 0.25) is 11.8 Å². The second-order valence-corrected chi connectivity index (χ2v) is 9.58. The number of carbonyl (C=O) groups is 2. The van der Waals surface area contributed by atoms with Crippen molar-refractivity contribution in [2.24, 2.45) is 0 Å². The number of amides is 1. The lowest BCUT2D eigenvalue weighted by atomic mass is 9.97. The van der Waals surface area contributed by atoms with Crippen molar-refractivity contribution in [1.82, 2.24) is 15.3 Å². The highest BCUT2D eigenvalue weighted by Crippen LogP contribution is 2.31. The van der Waals surface area contributed by atoms with E-state index in [1.165, 1.54) is 17.0 Å². The van der Waals surface area contributed by atoms with Gasteiger partial charge in [0.05, 0.1) is 18.2 Å². The third-order valence-corrected chi connectivity index (χ3v) is 6.46. The summed E-state index contributed by atoms with van der Waals surface area (Å²) in [4.78, 5) is 35.2. The molecule has 228 valence electrons. The van der Waals surface area contributed by atoms with E-state index in [1.54, 1.807) is 14.0 Å². The molecule has 0 radical (unpaired) electrons. The third-order valence-electron chi connectivity index (χ3n) is 6.46. The number of carbonyl (C=O) groups excluding carboxylic acids is 2. The van der Waals surface area contributed by atoms with Crippen LogP contribution in [0.2, 0.25) is 0 Å². The molecule has 1 atom stereocenters. The summed E-state index contributed by atoms with van der Waals surface area (Å²) in [6.07, 6.45) is -4.26. The molecule has 0 saturated heterocycles. The Labute approximate surface area is 247 Å². The number of benzene rings is 2. The second-order valence-electron chi connectivity index (χ2n) is 9.58. The highest BCUT2D eigenvalue weighted by Gasteiger charge is 2.32. The number of hydrogen-bond donors (Lipinski definition) is 2. The number of nitrogens with zero attached hydrogens (tertiary/aromatic N) is 4. The van der Waals surface area contributed by atoms with Crippen LogP contribution in [0.4, 0.5) is 29.7 Å². The predicted molar refractivity (Wildman–Crippen MR) is 153 cm³/mol. The fraction of sp³-hybridized carbons (Fsp3) is 0.367. The van der Waals surface area contributed by atoms with E-state index in [0.29, 0.717) is 12.8 Å². The maximum absolute atomic E-state index is 13.6. The van der Waals surface area contributed by atoms with Crippen LogP contribution in [0.5, 0.6) is 5.88 Å². The summed E-state index contributed by atoms with van der Waals surface area (Å²) in [6, 6.07) is 14.9.